The Kier molecular flexibility index (Phi) is 2.73. The molecule has 0 aromatic carbocycles. The zero-order chi connectivity index (χ0) is 10.8. The van der Waals surface area contributed by atoms with E-state index >= 15 is 0 Å². The lowest BCUT2D eigenvalue weighted by Gasteiger charge is -2.40. The van der Waals surface area contributed by atoms with Gasteiger partial charge in [0.25, 0.3) is 0 Å². The van der Waals surface area contributed by atoms with E-state index < -0.39 is 30.8 Å². The number of carboxylic acid groups (broad SMARTS) is 1. The average Bonchev–Trinajstić information content (AvgIpc) is 2.08. The van der Waals surface area contributed by atoms with Gasteiger partial charge in [0.2, 0.25) is 5.67 Å². The molecule has 0 bridgehead atoms. The first kappa shape index (κ1) is 10.5. The van der Waals surface area contributed by atoms with Gasteiger partial charge in [-0.25, -0.2) is 14.0 Å². The summed E-state index contributed by atoms with van der Waals surface area (Å²) in [6, 6.07) is 0. The maximum absolute atomic E-state index is 13.1. The Balaban J connectivity index is 2.37. The van der Waals surface area contributed by atoms with Gasteiger partial charge >= 0.3 is 12.1 Å². The summed E-state index contributed by atoms with van der Waals surface area (Å²) in [7, 11) is 0. The Bertz CT molecular complexity index is 273. The highest BCUT2D eigenvalue weighted by molar-refractivity contribution is 5.82. The molecule has 0 aromatic heterocycles. The molecule has 6 heteroatoms. The third kappa shape index (κ3) is 1.84. The van der Waals surface area contributed by atoms with Crippen molar-refractivity contribution in [2.45, 2.75) is 5.67 Å². The summed E-state index contributed by atoms with van der Waals surface area (Å²) in [5.74, 6) is -1.55. The van der Waals surface area contributed by atoms with E-state index in [-0.39, 0.29) is 6.61 Å². The van der Waals surface area contributed by atoms with Crippen LogP contribution in [0.15, 0.2) is 12.7 Å². The number of nitrogens with zero attached hydrogens (tertiary/aromatic N) is 1. The SMILES string of the molecule is C=CCOC(=O)N1CC(F)(C(=O)O)C1. The Labute approximate surface area is 79.8 Å². The number of carboxylic acids is 1. The van der Waals surface area contributed by atoms with Gasteiger partial charge in [0.15, 0.2) is 0 Å². The quantitative estimate of drug-likeness (QED) is 0.675. The number of likely N-dealkylation sites (tertiary alicyclic amines) is 1. The first-order valence-corrected chi connectivity index (χ1v) is 3.94. The van der Waals surface area contributed by atoms with E-state index in [0.717, 1.165) is 4.90 Å². The van der Waals surface area contributed by atoms with Crippen LogP contribution in [-0.4, -0.2) is 47.4 Å². The van der Waals surface area contributed by atoms with Gasteiger partial charge in [-0.15, -0.1) is 0 Å². The van der Waals surface area contributed by atoms with Crippen molar-refractivity contribution in [1.29, 1.82) is 0 Å². The normalized spacial score (nSPS) is 18.2. The number of hydrogen-bond donors (Lipinski definition) is 1. The minimum Gasteiger partial charge on any atom is -0.479 e. The molecule has 1 aliphatic heterocycles. The van der Waals surface area contributed by atoms with Crippen LogP contribution in [0.5, 0.6) is 0 Å². The molecule has 0 atom stereocenters. The van der Waals surface area contributed by atoms with E-state index in [4.69, 9.17) is 5.11 Å². The highest BCUT2D eigenvalue weighted by Crippen LogP contribution is 2.26. The van der Waals surface area contributed by atoms with E-state index in [1.54, 1.807) is 0 Å². The Morgan fingerprint density at radius 1 is 1.64 bits per heavy atom. The van der Waals surface area contributed by atoms with Crippen LogP contribution in [0.3, 0.4) is 0 Å². The van der Waals surface area contributed by atoms with Crippen LogP contribution < -0.4 is 0 Å². The second kappa shape index (κ2) is 3.65. The summed E-state index contributed by atoms with van der Waals surface area (Å²) < 4.78 is 17.7. The van der Waals surface area contributed by atoms with Gasteiger partial charge in [-0.3, -0.25) is 0 Å². The number of alkyl halides is 1. The topological polar surface area (TPSA) is 66.8 Å². The Hall–Kier alpha value is -1.59. The van der Waals surface area contributed by atoms with Gasteiger partial charge in [0.05, 0.1) is 13.1 Å². The number of carbonyl (C=O) groups is 2. The number of hydrogen-bond acceptors (Lipinski definition) is 3. The number of ether oxygens (including phenoxy) is 1. The minimum absolute atomic E-state index is 0.0295. The van der Waals surface area contributed by atoms with E-state index in [1.807, 2.05) is 0 Å². The minimum atomic E-state index is -2.31. The van der Waals surface area contributed by atoms with Gasteiger partial charge in [0.1, 0.15) is 6.61 Å². The molecule has 1 N–H and O–H groups in total. The fourth-order valence-corrected chi connectivity index (χ4v) is 1.04. The van der Waals surface area contributed by atoms with Crippen LogP contribution in [0, 0.1) is 0 Å². The number of rotatable bonds is 3. The first-order chi connectivity index (χ1) is 6.49. The van der Waals surface area contributed by atoms with Crippen LogP contribution in [-0.2, 0) is 9.53 Å². The fourth-order valence-electron chi connectivity index (χ4n) is 1.04. The van der Waals surface area contributed by atoms with Gasteiger partial charge < -0.3 is 14.7 Å². The molecule has 1 fully saturated rings. The van der Waals surface area contributed by atoms with Crippen molar-refractivity contribution < 1.29 is 23.8 Å². The number of carbonyl (C=O) groups excluding carboxylic acids is 1. The maximum Gasteiger partial charge on any atom is 0.410 e. The molecule has 1 aliphatic rings. The van der Waals surface area contributed by atoms with Crippen molar-refractivity contribution in [3.8, 4) is 0 Å². The Morgan fingerprint density at radius 3 is 2.64 bits per heavy atom. The molecule has 0 spiro atoms. The summed E-state index contributed by atoms with van der Waals surface area (Å²) in [5, 5.41) is 8.40. The monoisotopic (exact) mass is 203 g/mol. The van der Waals surface area contributed by atoms with Crippen molar-refractivity contribution in [3.05, 3.63) is 12.7 Å². The average molecular weight is 203 g/mol. The van der Waals surface area contributed by atoms with Crippen molar-refractivity contribution >= 4 is 12.1 Å². The summed E-state index contributed by atoms with van der Waals surface area (Å²) >= 11 is 0. The summed E-state index contributed by atoms with van der Waals surface area (Å²) in [5.41, 5.74) is -2.31. The van der Waals surface area contributed by atoms with E-state index in [2.05, 4.69) is 11.3 Å². The predicted octanol–water partition coefficient (Wildman–Crippen LogP) is 0.418. The van der Waals surface area contributed by atoms with Crippen molar-refractivity contribution in [3.63, 3.8) is 0 Å². The van der Waals surface area contributed by atoms with Gasteiger partial charge in [0, 0.05) is 0 Å². The predicted molar refractivity (Wildman–Crippen MR) is 44.6 cm³/mol. The van der Waals surface area contributed by atoms with Crippen LogP contribution in [0.2, 0.25) is 0 Å². The molecule has 0 aromatic rings. The first-order valence-electron chi connectivity index (χ1n) is 3.94. The molecule has 0 unspecified atom stereocenters. The summed E-state index contributed by atoms with van der Waals surface area (Å²) in [4.78, 5) is 22.3. The highest BCUT2D eigenvalue weighted by atomic mass is 19.1. The lowest BCUT2D eigenvalue weighted by Crippen LogP contribution is -2.64. The van der Waals surface area contributed by atoms with Gasteiger partial charge in [-0.2, -0.15) is 0 Å². The lowest BCUT2D eigenvalue weighted by atomic mass is 9.97. The van der Waals surface area contributed by atoms with Crippen molar-refractivity contribution in [2.75, 3.05) is 19.7 Å². The molecule has 0 aliphatic carbocycles. The van der Waals surface area contributed by atoms with Gasteiger partial charge in [-0.05, 0) is 0 Å². The molecule has 0 radical (unpaired) electrons. The van der Waals surface area contributed by atoms with Crippen molar-refractivity contribution in [2.24, 2.45) is 0 Å². The molecule has 1 amide bonds. The molecule has 1 heterocycles. The van der Waals surface area contributed by atoms with Crippen LogP contribution >= 0.6 is 0 Å². The van der Waals surface area contributed by atoms with Crippen LogP contribution in [0.25, 0.3) is 0 Å². The molecule has 1 rings (SSSR count). The van der Waals surface area contributed by atoms with Crippen LogP contribution in [0.4, 0.5) is 9.18 Å². The zero-order valence-corrected chi connectivity index (χ0v) is 7.40. The van der Waals surface area contributed by atoms with E-state index in [0.29, 0.717) is 0 Å². The lowest BCUT2D eigenvalue weighted by molar-refractivity contribution is -0.161. The maximum atomic E-state index is 13.1. The van der Waals surface area contributed by atoms with Crippen LogP contribution in [0.1, 0.15) is 0 Å². The second-order valence-electron chi connectivity index (χ2n) is 2.99. The third-order valence-corrected chi connectivity index (χ3v) is 1.85. The van der Waals surface area contributed by atoms with Crippen molar-refractivity contribution in [1.82, 2.24) is 4.90 Å². The number of halogens is 1. The molecule has 0 saturated carbocycles. The third-order valence-electron chi connectivity index (χ3n) is 1.85. The second-order valence-corrected chi connectivity index (χ2v) is 2.99. The van der Waals surface area contributed by atoms with E-state index in [1.165, 1.54) is 6.08 Å². The fraction of sp³-hybridized carbons (Fsp3) is 0.500. The largest absolute Gasteiger partial charge is 0.479 e. The smallest absolute Gasteiger partial charge is 0.410 e. The molecule has 78 valence electrons. The molecule has 14 heavy (non-hydrogen) atoms. The molecular weight excluding hydrogens is 193 g/mol. The highest BCUT2D eigenvalue weighted by Gasteiger charge is 2.52. The molecular formula is C8H10FNO4. The summed E-state index contributed by atoms with van der Waals surface area (Å²) in [6.45, 7) is 2.44. The zero-order valence-electron chi connectivity index (χ0n) is 7.40. The molecule has 1 saturated heterocycles. The standard InChI is InChI=1S/C8H10FNO4/c1-2-3-14-7(13)10-4-8(9,5-10)6(11)12/h2H,1,3-5H2,(H,11,12). The number of amides is 1. The van der Waals surface area contributed by atoms with Gasteiger partial charge in [-0.1, -0.05) is 12.7 Å². The van der Waals surface area contributed by atoms with E-state index in [9.17, 15) is 14.0 Å². The Morgan fingerprint density at radius 2 is 2.21 bits per heavy atom. The molecule has 5 nitrogen and oxygen atoms in total. The summed E-state index contributed by atoms with van der Waals surface area (Å²) in [6.07, 6.45) is 0.650. The number of aliphatic carboxylic acids is 1.